The third kappa shape index (κ3) is 1.93. The van der Waals surface area contributed by atoms with Gasteiger partial charge >= 0.3 is 0 Å². The number of Topliss-reactive ketones (excluding diaryl/α,β-unsaturated/α-hetero) is 1. The van der Waals surface area contributed by atoms with Crippen molar-refractivity contribution < 1.29 is 4.79 Å². The van der Waals surface area contributed by atoms with E-state index in [-0.39, 0.29) is 0 Å². The van der Waals surface area contributed by atoms with Crippen LogP contribution in [0.2, 0.25) is 0 Å². The number of ketones is 1. The molecule has 0 bridgehead atoms. The highest BCUT2D eigenvalue weighted by atomic mass is 79.9. The molecule has 13 heavy (non-hydrogen) atoms. The van der Waals surface area contributed by atoms with E-state index in [9.17, 15) is 4.79 Å². The van der Waals surface area contributed by atoms with Gasteiger partial charge in [-0.25, -0.2) is 0 Å². The van der Waals surface area contributed by atoms with Gasteiger partial charge in [-0.15, -0.1) is 0 Å². The van der Waals surface area contributed by atoms with E-state index >= 15 is 0 Å². The minimum Gasteiger partial charge on any atom is -0.294 e. The van der Waals surface area contributed by atoms with E-state index in [1.54, 1.807) is 0 Å². The van der Waals surface area contributed by atoms with Crippen LogP contribution in [0.25, 0.3) is 0 Å². The lowest BCUT2D eigenvalue weighted by atomic mass is 9.93. The zero-order chi connectivity index (χ0) is 9.26. The Bertz CT molecular complexity index is 288. The molecule has 0 aromatic heterocycles. The molecule has 70 valence electrons. The summed E-state index contributed by atoms with van der Waals surface area (Å²) in [5.74, 6) is 0.346. The molecule has 1 nitrogen and oxygen atoms in total. The zero-order valence-corrected chi connectivity index (χ0v) is 9.14. The number of carbonyl (C=O) groups is 1. The van der Waals surface area contributed by atoms with E-state index in [0.717, 1.165) is 31.3 Å². The predicted octanol–water partition coefficient (Wildman–Crippen LogP) is 3.15. The Morgan fingerprint density at radius 1 is 1.31 bits per heavy atom. The fraction of sp³-hybridized carbons (Fsp3) is 0.545. The zero-order valence-electron chi connectivity index (χ0n) is 7.55. The molecule has 0 heterocycles. The van der Waals surface area contributed by atoms with Crippen molar-refractivity contribution >= 4 is 21.7 Å². The van der Waals surface area contributed by atoms with Crippen molar-refractivity contribution in [2.75, 3.05) is 0 Å². The summed E-state index contributed by atoms with van der Waals surface area (Å²) in [6, 6.07) is 0. The summed E-state index contributed by atoms with van der Waals surface area (Å²) in [5, 5.41) is 0. The van der Waals surface area contributed by atoms with Crippen LogP contribution < -0.4 is 0 Å². The molecule has 0 saturated carbocycles. The topological polar surface area (TPSA) is 17.1 Å². The Labute approximate surface area is 87.0 Å². The molecule has 2 aliphatic rings. The third-order valence-corrected chi connectivity index (χ3v) is 3.70. The Morgan fingerprint density at radius 3 is 2.92 bits per heavy atom. The van der Waals surface area contributed by atoms with Gasteiger partial charge < -0.3 is 0 Å². The van der Waals surface area contributed by atoms with Crippen molar-refractivity contribution in [2.45, 2.75) is 36.9 Å². The summed E-state index contributed by atoms with van der Waals surface area (Å²) in [5.41, 5.74) is 2.39. The number of carbonyl (C=O) groups excluding carboxylic acids is 1. The van der Waals surface area contributed by atoms with Crippen LogP contribution in [-0.2, 0) is 4.79 Å². The normalized spacial score (nSPS) is 28.7. The lowest BCUT2D eigenvalue weighted by Gasteiger charge is -2.11. The number of hydrogen-bond acceptors (Lipinski definition) is 1. The van der Waals surface area contributed by atoms with Crippen molar-refractivity contribution in [3.05, 3.63) is 23.3 Å². The summed E-state index contributed by atoms with van der Waals surface area (Å²) in [4.78, 5) is 12.2. The lowest BCUT2D eigenvalue weighted by molar-refractivity contribution is -0.115. The maximum Gasteiger partial charge on any atom is 0.162 e. The number of halogens is 1. The molecular formula is C11H13BrO. The Balaban J connectivity index is 2.24. The molecule has 0 aromatic rings. The fourth-order valence-corrected chi connectivity index (χ4v) is 2.46. The van der Waals surface area contributed by atoms with E-state index in [0.29, 0.717) is 17.0 Å². The van der Waals surface area contributed by atoms with Gasteiger partial charge in [-0.3, -0.25) is 4.79 Å². The van der Waals surface area contributed by atoms with Crippen molar-refractivity contribution in [1.29, 1.82) is 0 Å². The van der Waals surface area contributed by atoms with Crippen LogP contribution in [-0.4, -0.2) is 10.6 Å². The van der Waals surface area contributed by atoms with Gasteiger partial charge in [0.1, 0.15) is 0 Å². The molecular weight excluding hydrogens is 228 g/mol. The van der Waals surface area contributed by atoms with Gasteiger partial charge in [0.15, 0.2) is 5.78 Å². The first-order valence-electron chi connectivity index (χ1n) is 4.83. The molecule has 0 aromatic carbocycles. The summed E-state index contributed by atoms with van der Waals surface area (Å²) in [7, 11) is 0. The van der Waals surface area contributed by atoms with Crippen LogP contribution in [0.15, 0.2) is 23.3 Å². The number of rotatable bonds is 0. The van der Waals surface area contributed by atoms with Crippen molar-refractivity contribution in [2.24, 2.45) is 0 Å². The largest absolute Gasteiger partial charge is 0.294 e. The van der Waals surface area contributed by atoms with E-state index in [1.807, 2.05) is 6.08 Å². The second kappa shape index (κ2) is 3.79. The maximum atomic E-state index is 11.6. The van der Waals surface area contributed by atoms with E-state index < -0.39 is 0 Å². The molecule has 0 fully saturated rings. The number of alkyl halides is 1. The van der Waals surface area contributed by atoms with Crippen molar-refractivity contribution in [3.63, 3.8) is 0 Å². The third-order valence-electron chi connectivity index (χ3n) is 2.78. The smallest absolute Gasteiger partial charge is 0.162 e. The highest BCUT2D eigenvalue weighted by molar-refractivity contribution is 9.09. The van der Waals surface area contributed by atoms with Crippen LogP contribution in [0.1, 0.15) is 32.1 Å². The summed E-state index contributed by atoms with van der Waals surface area (Å²) in [6.45, 7) is 0. The quantitative estimate of drug-likeness (QED) is 0.595. The maximum absolute atomic E-state index is 11.6. The molecule has 0 spiro atoms. The number of allylic oxidation sites excluding steroid dienone is 4. The monoisotopic (exact) mass is 240 g/mol. The predicted molar refractivity (Wildman–Crippen MR) is 57.0 cm³/mol. The average molecular weight is 241 g/mol. The molecule has 0 aliphatic heterocycles. The van der Waals surface area contributed by atoms with Crippen molar-refractivity contribution in [3.8, 4) is 0 Å². The Kier molecular flexibility index (Phi) is 2.68. The van der Waals surface area contributed by atoms with Crippen molar-refractivity contribution in [1.82, 2.24) is 0 Å². The summed E-state index contributed by atoms with van der Waals surface area (Å²) >= 11 is 3.63. The first kappa shape index (κ1) is 9.20. The van der Waals surface area contributed by atoms with Crippen LogP contribution in [0, 0.1) is 0 Å². The first-order valence-corrected chi connectivity index (χ1v) is 5.75. The SMILES string of the molecule is O=C1CC=CC2=C1CCC(Br)CC2. The van der Waals surface area contributed by atoms with E-state index in [1.165, 1.54) is 5.57 Å². The number of hydrogen-bond donors (Lipinski definition) is 0. The Hall–Kier alpha value is -0.370. The molecule has 0 saturated heterocycles. The van der Waals surface area contributed by atoms with Crippen LogP contribution in [0.4, 0.5) is 0 Å². The first-order chi connectivity index (χ1) is 6.27. The second-order valence-electron chi connectivity index (χ2n) is 3.71. The van der Waals surface area contributed by atoms with Gasteiger partial charge in [0.2, 0.25) is 0 Å². The molecule has 0 N–H and O–H groups in total. The minimum absolute atomic E-state index is 0.346. The average Bonchev–Trinajstić information content (AvgIpc) is 2.30. The van der Waals surface area contributed by atoms with Crippen LogP contribution >= 0.6 is 15.9 Å². The van der Waals surface area contributed by atoms with Gasteiger partial charge in [-0.1, -0.05) is 28.1 Å². The van der Waals surface area contributed by atoms with Gasteiger partial charge in [-0.05, 0) is 36.8 Å². The van der Waals surface area contributed by atoms with Crippen LogP contribution in [0.5, 0.6) is 0 Å². The minimum atomic E-state index is 0.346. The molecule has 0 amide bonds. The second-order valence-corrected chi connectivity index (χ2v) is 5.00. The highest BCUT2D eigenvalue weighted by Gasteiger charge is 2.21. The Morgan fingerprint density at radius 2 is 2.08 bits per heavy atom. The van der Waals surface area contributed by atoms with Gasteiger partial charge in [0.05, 0.1) is 0 Å². The van der Waals surface area contributed by atoms with Gasteiger partial charge in [-0.2, -0.15) is 0 Å². The molecule has 0 radical (unpaired) electrons. The summed E-state index contributed by atoms with van der Waals surface area (Å²) < 4.78 is 0. The molecule has 2 rings (SSSR count). The molecule has 2 aliphatic carbocycles. The van der Waals surface area contributed by atoms with E-state index in [4.69, 9.17) is 0 Å². The fourth-order valence-electron chi connectivity index (χ4n) is 2.00. The summed E-state index contributed by atoms with van der Waals surface area (Å²) in [6.07, 6.45) is 9.06. The standard InChI is InChI=1S/C11H13BrO/c12-9-5-4-8-2-1-3-11(13)10(8)7-6-9/h1-2,9H,3-7H2. The van der Waals surface area contributed by atoms with E-state index in [2.05, 4.69) is 22.0 Å². The van der Waals surface area contributed by atoms with Crippen LogP contribution in [0.3, 0.4) is 0 Å². The highest BCUT2D eigenvalue weighted by Crippen LogP contribution is 2.31. The molecule has 1 unspecified atom stereocenters. The lowest BCUT2D eigenvalue weighted by Crippen LogP contribution is -2.07. The van der Waals surface area contributed by atoms with Gasteiger partial charge in [0, 0.05) is 11.2 Å². The molecule has 2 heteroatoms. The van der Waals surface area contributed by atoms with Gasteiger partial charge in [0.25, 0.3) is 0 Å². The molecule has 1 atom stereocenters.